The zero-order chi connectivity index (χ0) is 21.7. The molecule has 160 valence electrons. The van der Waals surface area contributed by atoms with Gasteiger partial charge in [0.05, 0.1) is 6.42 Å². The maximum atomic E-state index is 13.1. The van der Waals surface area contributed by atoms with Gasteiger partial charge in [-0.05, 0) is 25.3 Å². The van der Waals surface area contributed by atoms with E-state index >= 15 is 0 Å². The van der Waals surface area contributed by atoms with Gasteiger partial charge < -0.3 is 14.9 Å². The average molecular weight is 412 g/mol. The third kappa shape index (κ3) is 4.87. The summed E-state index contributed by atoms with van der Waals surface area (Å²) in [5.41, 5.74) is 1.63. The molecule has 8 nitrogen and oxygen atoms in total. The van der Waals surface area contributed by atoms with Crippen LogP contribution in [-0.2, 0) is 17.9 Å². The molecule has 0 spiro atoms. The molecule has 0 radical (unpaired) electrons. The molecule has 1 atom stereocenters. The summed E-state index contributed by atoms with van der Waals surface area (Å²) in [7, 11) is 0. The number of fused-ring (bicyclic) bond motifs is 1. The average Bonchev–Trinajstić information content (AvgIpc) is 3.11. The molecule has 2 heterocycles. The summed E-state index contributed by atoms with van der Waals surface area (Å²) < 4.78 is 1.60. The van der Waals surface area contributed by atoms with Crippen molar-refractivity contribution in [1.29, 1.82) is 0 Å². The van der Waals surface area contributed by atoms with Gasteiger partial charge >= 0.3 is 5.97 Å². The number of benzene rings is 1. The molecule has 1 aromatic carbocycles. The largest absolute Gasteiger partial charge is 0.481 e. The first-order valence-corrected chi connectivity index (χ1v) is 10.3. The number of carbonyl (C=O) groups excluding carboxylic acids is 2. The topological polar surface area (TPSA) is 95.7 Å². The molecule has 3 rings (SSSR count). The van der Waals surface area contributed by atoms with Gasteiger partial charge in [-0.25, -0.2) is 0 Å². The molecule has 1 aromatic heterocycles. The predicted octanol–water partition coefficient (Wildman–Crippen LogP) is 2.64. The van der Waals surface area contributed by atoms with Crippen molar-refractivity contribution in [3.8, 4) is 0 Å². The normalized spacial score (nSPS) is 14.7. The Morgan fingerprint density at radius 3 is 2.63 bits per heavy atom. The Balaban J connectivity index is 1.82. The molecule has 0 fully saturated rings. The molecule has 0 aliphatic carbocycles. The lowest BCUT2D eigenvalue weighted by Crippen LogP contribution is -2.40. The Morgan fingerprint density at radius 2 is 1.97 bits per heavy atom. The van der Waals surface area contributed by atoms with Gasteiger partial charge in [0.1, 0.15) is 5.69 Å². The molecule has 1 N–H and O–H groups in total. The van der Waals surface area contributed by atoms with Crippen LogP contribution in [0.5, 0.6) is 0 Å². The summed E-state index contributed by atoms with van der Waals surface area (Å²) in [5.74, 6) is -1.44. The third-order valence-electron chi connectivity index (χ3n) is 5.47. The fourth-order valence-corrected chi connectivity index (χ4v) is 3.60. The number of aliphatic carboxylic acids is 1. The summed E-state index contributed by atoms with van der Waals surface area (Å²) in [4.78, 5) is 40.5. The molecule has 2 aromatic rings. The highest BCUT2D eigenvalue weighted by molar-refractivity contribution is 5.98. The lowest BCUT2D eigenvalue weighted by molar-refractivity contribution is -0.137. The van der Waals surface area contributed by atoms with Crippen LogP contribution in [0, 0.1) is 0 Å². The first-order valence-electron chi connectivity index (χ1n) is 10.3. The van der Waals surface area contributed by atoms with Crippen molar-refractivity contribution >= 4 is 17.8 Å². The van der Waals surface area contributed by atoms with Gasteiger partial charge in [0.15, 0.2) is 5.69 Å². The van der Waals surface area contributed by atoms with Crippen molar-refractivity contribution in [3.63, 3.8) is 0 Å². The first-order chi connectivity index (χ1) is 14.4. The van der Waals surface area contributed by atoms with E-state index in [1.54, 1.807) is 15.6 Å². The monoisotopic (exact) mass is 412 g/mol. The Labute approximate surface area is 176 Å². The second-order valence-electron chi connectivity index (χ2n) is 7.60. The van der Waals surface area contributed by atoms with Crippen molar-refractivity contribution in [1.82, 2.24) is 19.6 Å². The Bertz CT molecular complexity index is 909. The number of amides is 2. The van der Waals surface area contributed by atoms with E-state index in [1.807, 2.05) is 44.2 Å². The summed E-state index contributed by atoms with van der Waals surface area (Å²) in [6, 6.07) is 11.2. The van der Waals surface area contributed by atoms with Crippen LogP contribution in [0.3, 0.4) is 0 Å². The van der Waals surface area contributed by atoms with Gasteiger partial charge in [0, 0.05) is 38.3 Å². The van der Waals surface area contributed by atoms with Crippen LogP contribution >= 0.6 is 0 Å². The van der Waals surface area contributed by atoms with E-state index < -0.39 is 5.97 Å². The van der Waals surface area contributed by atoms with E-state index in [4.69, 9.17) is 5.11 Å². The summed E-state index contributed by atoms with van der Waals surface area (Å²) in [6.07, 6.45) is 1.31. The fraction of sp³-hybridized carbons (Fsp3) is 0.455. The highest BCUT2D eigenvalue weighted by Crippen LogP contribution is 2.18. The number of nitrogens with zero attached hydrogens (tertiary/aromatic N) is 4. The fourth-order valence-electron chi connectivity index (χ4n) is 3.60. The number of carbonyl (C=O) groups is 3. The van der Waals surface area contributed by atoms with Crippen LogP contribution in [0.2, 0.25) is 0 Å². The smallest absolute Gasteiger partial charge is 0.305 e. The number of carboxylic acids is 1. The van der Waals surface area contributed by atoms with Gasteiger partial charge in [0.25, 0.3) is 11.8 Å². The molecule has 2 amide bonds. The second-order valence-corrected chi connectivity index (χ2v) is 7.60. The minimum atomic E-state index is -0.955. The number of hydrogen-bond acceptors (Lipinski definition) is 4. The minimum absolute atomic E-state index is 0.111. The van der Waals surface area contributed by atoms with Crippen molar-refractivity contribution in [2.24, 2.45) is 0 Å². The number of aromatic nitrogens is 2. The molecule has 0 bridgehead atoms. The number of hydrogen-bond donors (Lipinski definition) is 1. The highest BCUT2D eigenvalue weighted by Gasteiger charge is 2.29. The van der Waals surface area contributed by atoms with Crippen molar-refractivity contribution < 1.29 is 19.5 Å². The molecule has 30 heavy (non-hydrogen) atoms. The van der Waals surface area contributed by atoms with E-state index in [0.717, 1.165) is 12.0 Å². The van der Waals surface area contributed by atoms with Crippen LogP contribution < -0.4 is 0 Å². The number of rotatable bonds is 8. The maximum absolute atomic E-state index is 13.1. The number of carboxylic acid groups (broad SMARTS) is 1. The van der Waals surface area contributed by atoms with Gasteiger partial charge in [-0.2, -0.15) is 5.10 Å². The number of aryl methyl sites for hydroxylation is 1. The van der Waals surface area contributed by atoms with E-state index in [-0.39, 0.29) is 36.5 Å². The van der Waals surface area contributed by atoms with E-state index in [1.165, 1.54) is 4.90 Å². The van der Waals surface area contributed by atoms with Crippen molar-refractivity contribution in [2.75, 3.05) is 13.1 Å². The maximum Gasteiger partial charge on any atom is 0.305 e. The van der Waals surface area contributed by atoms with Gasteiger partial charge in [-0.15, -0.1) is 0 Å². The van der Waals surface area contributed by atoms with Gasteiger partial charge in [0.2, 0.25) is 0 Å². The lowest BCUT2D eigenvalue weighted by Gasteiger charge is -2.27. The van der Waals surface area contributed by atoms with Crippen molar-refractivity contribution in [2.45, 2.75) is 52.2 Å². The Hall–Kier alpha value is -3.16. The van der Waals surface area contributed by atoms with E-state index in [2.05, 4.69) is 5.10 Å². The minimum Gasteiger partial charge on any atom is -0.481 e. The molecule has 1 aliphatic heterocycles. The zero-order valence-corrected chi connectivity index (χ0v) is 17.5. The second kappa shape index (κ2) is 9.56. The molecular formula is C22H28N4O4. The molecule has 1 aliphatic rings. The van der Waals surface area contributed by atoms with Gasteiger partial charge in [-0.1, -0.05) is 37.3 Å². The quantitative estimate of drug-likeness (QED) is 0.719. The van der Waals surface area contributed by atoms with Crippen LogP contribution in [0.15, 0.2) is 36.4 Å². The molecule has 0 saturated heterocycles. The Kier molecular flexibility index (Phi) is 6.87. The van der Waals surface area contributed by atoms with E-state index in [9.17, 15) is 14.4 Å². The standard InChI is InChI=1S/C22H28N4O4/c1-3-16(2)25(13-10-20(27)28)21(29)18-14-19-22(30)24(11-7-12-26(19)23-18)15-17-8-5-4-6-9-17/h4-6,8-9,14,16H,3,7,10-13,15H2,1-2H3,(H,27,28). The molecular weight excluding hydrogens is 384 g/mol. The highest BCUT2D eigenvalue weighted by atomic mass is 16.4. The van der Waals surface area contributed by atoms with E-state index in [0.29, 0.717) is 31.7 Å². The van der Waals surface area contributed by atoms with Crippen LogP contribution in [0.1, 0.15) is 59.7 Å². The zero-order valence-electron chi connectivity index (χ0n) is 17.5. The summed E-state index contributed by atoms with van der Waals surface area (Å²) >= 11 is 0. The first kappa shape index (κ1) is 21.5. The van der Waals surface area contributed by atoms with Gasteiger partial charge in [-0.3, -0.25) is 19.1 Å². The SMILES string of the molecule is CCC(C)N(CCC(=O)O)C(=O)c1cc2n(n1)CCCN(Cc1ccccc1)C2=O. The Morgan fingerprint density at radius 1 is 1.23 bits per heavy atom. The third-order valence-corrected chi connectivity index (χ3v) is 5.47. The molecule has 0 saturated carbocycles. The molecule has 8 heteroatoms. The molecule has 1 unspecified atom stereocenters. The van der Waals surface area contributed by atoms with Crippen LogP contribution in [-0.4, -0.2) is 61.6 Å². The predicted molar refractivity (Wildman–Crippen MR) is 111 cm³/mol. The van der Waals surface area contributed by atoms with Crippen LogP contribution in [0.4, 0.5) is 0 Å². The van der Waals surface area contributed by atoms with Crippen molar-refractivity contribution in [3.05, 3.63) is 53.3 Å². The van der Waals surface area contributed by atoms with Crippen LogP contribution in [0.25, 0.3) is 0 Å². The summed E-state index contributed by atoms with van der Waals surface area (Å²) in [6.45, 7) is 5.62. The summed E-state index contributed by atoms with van der Waals surface area (Å²) in [5, 5.41) is 13.4. The lowest BCUT2D eigenvalue weighted by atomic mass is 10.1.